The summed E-state index contributed by atoms with van der Waals surface area (Å²) in [4.78, 5) is 35.9. The van der Waals surface area contributed by atoms with Gasteiger partial charge in [-0.25, -0.2) is 4.79 Å². The molecule has 2 rings (SSSR count). The van der Waals surface area contributed by atoms with Gasteiger partial charge in [0.1, 0.15) is 11.3 Å². The lowest BCUT2D eigenvalue weighted by Crippen LogP contribution is -2.30. The van der Waals surface area contributed by atoms with Gasteiger partial charge in [0, 0.05) is 6.92 Å². The van der Waals surface area contributed by atoms with Crippen molar-refractivity contribution in [3.63, 3.8) is 0 Å². The smallest absolute Gasteiger partial charge is 0.416 e. The highest BCUT2D eigenvalue weighted by Gasteiger charge is 2.30. The predicted octanol–water partition coefficient (Wildman–Crippen LogP) is 2.63. The Kier molecular flexibility index (Phi) is 5.05. The van der Waals surface area contributed by atoms with Gasteiger partial charge in [0.25, 0.3) is 5.56 Å². The number of nitrogens with zero attached hydrogens (tertiary/aromatic N) is 2. The Morgan fingerprint density at radius 1 is 1.20 bits per heavy atom. The molecule has 0 aliphatic carbocycles. The third kappa shape index (κ3) is 3.93. The van der Waals surface area contributed by atoms with Crippen molar-refractivity contribution in [2.45, 2.75) is 20.0 Å². The number of esters is 1. The van der Waals surface area contributed by atoms with Crippen molar-refractivity contribution in [1.82, 2.24) is 9.78 Å². The Bertz CT molecular complexity index is 870. The van der Waals surface area contributed by atoms with Gasteiger partial charge in [0.15, 0.2) is 5.78 Å². The number of ketones is 1. The highest BCUT2D eigenvalue weighted by molar-refractivity contribution is 5.96. The Morgan fingerprint density at radius 2 is 1.80 bits per heavy atom. The zero-order chi connectivity index (χ0) is 18.8. The minimum atomic E-state index is -4.53. The lowest BCUT2D eigenvalue weighted by molar-refractivity contribution is -0.137. The fourth-order valence-corrected chi connectivity index (χ4v) is 1.99. The molecule has 1 aromatic heterocycles. The van der Waals surface area contributed by atoms with Gasteiger partial charge >= 0.3 is 12.1 Å². The van der Waals surface area contributed by atoms with E-state index in [0.717, 1.165) is 30.3 Å². The summed E-state index contributed by atoms with van der Waals surface area (Å²) < 4.78 is 43.4. The number of Topliss-reactive ketones (excluding diaryl/α,β-unsaturated/α-hetero) is 1. The van der Waals surface area contributed by atoms with Crippen LogP contribution in [0.25, 0.3) is 5.69 Å². The van der Waals surface area contributed by atoms with Crippen LogP contribution in [0.4, 0.5) is 13.2 Å². The number of aromatic nitrogens is 2. The standard InChI is InChI=1S/C16H13F3N2O4/c1-3-25-15(24)12-8-13(9(2)22)20-21(14(12)23)11-6-4-10(5-7-11)16(17,18)19/h4-8H,3H2,1-2H3. The van der Waals surface area contributed by atoms with Gasteiger partial charge in [-0.15, -0.1) is 0 Å². The van der Waals surface area contributed by atoms with Crippen LogP contribution in [0.2, 0.25) is 0 Å². The number of benzene rings is 1. The second-order valence-corrected chi connectivity index (χ2v) is 4.98. The van der Waals surface area contributed by atoms with Crippen LogP contribution in [0, 0.1) is 0 Å². The SMILES string of the molecule is CCOC(=O)c1cc(C(C)=O)nn(-c2ccc(C(F)(F)F)cc2)c1=O. The van der Waals surface area contributed by atoms with Crippen LogP contribution in [0.5, 0.6) is 0 Å². The van der Waals surface area contributed by atoms with Crippen molar-refractivity contribution in [3.05, 3.63) is 57.5 Å². The second-order valence-electron chi connectivity index (χ2n) is 4.98. The van der Waals surface area contributed by atoms with Crippen LogP contribution < -0.4 is 5.56 Å². The minimum absolute atomic E-state index is 0.0102. The van der Waals surface area contributed by atoms with E-state index in [9.17, 15) is 27.6 Å². The van der Waals surface area contributed by atoms with E-state index in [1.165, 1.54) is 6.92 Å². The summed E-state index contributed by atoms with van der Waals surface area (Å²) in [6.45, 7) is 2.73. The van der Waals surface area contributed by atoms with Crippen molar-refractivity contribution in [2.24, 2.45) is 0 Å². The van der Waals surface area contributed by atoms with Crippen LogP contribution >= 0.6 is 0 Å². The summed E-state index contributed by atoms with van der Waals surface area (Å²) in [5.74, 6) is -1.47. The van der Waals surface area contributed by atoms with E-state index >= 15 is 0 Å². The van der Waals surface area contributed by atoms with Gasteiger partial charge < -0.3 is 4.74 Å². The second kappa shape index (κ2) is 6.88. The maximum Gasteiger partial charge on any atom is 0.416 e. The van der Waals surface area contributed by atoms with E-state index in [4.69, 9.17) is 4.74 Å². The molecular formula is C16H13F3N2O4. The Morgan fingerprint density at radius 3 is 2.28 bits per heavy atom. The van der Waals surface area contributed by atoms with Gasteiger partial charge in [0.05, 0.1) is 17.9 Å². The summed E-state index contributed by atoms with van der Waals surface area (Å²) >= 11 is 0. The van der Waals surface area contributed by atoms with E-state index in [0.29, 0.717) is 4.68 Å². The Labute approximate surface area is 139 Å². The summed E-state index contributed by atoms with van der Waals surface area (Å²) in [7, 11) is 0. The number of rotatable bonds is 4. The molecular weight excluding hydrogens is 341 g/mol. The molecule has 0 unspecified atom stereocenters. The number of hydrogen-bond donors (Lipinski definition) is 0. The average molecular weight is 354 g/mol. The molecule has 0 spiro atoms. The molecule has 6 nitrogen and oxygen atoms in total. The molecule has 1 aromatic carbocycles. The predicted molar refractivity (Wildman–Crippen MR) is 80.8 cm³/mol. The quantitative estimate of drug-likeness (QED) is 0.623. The van der Waals surface area contributed by atoms with Gasteiger partial charge in [-0.2, -0.15) is 23.0 Å². The van der Waals surface area contributed by atoms with Gasteiger partial charge in [-0.1, -0.05) is 0 Å². The van der Waals surface area contributed by atoms with Crippen LogP contribution in [0.3, 0.4) is 0 Å². The van der Waals surface area contributed by atoms with E-state index in [-0.39, 0.29) is 18.0 Å². The number of halogens is 3. The Balaban J connectivity index is 2.62. The van der Waals surface area contributed by atoms with Gasteiger partial charge in [-0.3, -0.25) is 9.59 Å². The van der Waals surface area contributed by atoms with Crippen molar-refractivity contribution in [2.75, 3.05) is 6.61 Å². The van der Waals surface area contributed by atoms with Crippen molar-refractivity contribution in [1.29, 1.82) is 0 Å². The summed E-state index contributed by atoms with van der Waals surface area (Å²) in [5, 5.41) is 3.80. The molecule has 2 aromatic rings. The number of ether oxygens (including phenoxy) is 1. The maximum absolute atomic E-state index is 12.6. The zero-order valence-corrected chi connectivity index (χ0v) is 13.3. The fourth-order valence-electron chi connectivity index (χ4n) is 1.99. The molecule has 25 heavy (non-hydrogen) atoms. The topological polar surface area (TPSA) is 78.3 Å². The normalized spacial score (nSPS) is 11.2. The molecule has 0 bridgehead atoms. The molecule has 1 heterocycles. The van der Waals surface area contributed by atoms with Crippen LogP contribution in [0.15, 0.2) is 35.1 Å². The number of alkyl halides is 3. The lowest BCUT2D eigenvalue weighted by Gasteiger charge is -2.11. The summed E-state index contributed by atoms with van der Waals surface area (Å²) in [6.07, 6.45) is -4.53. The third-order valence-corrected chi connectivity index (χ3v) is 3.21. The van der Waals surface area contributed by atoms with Crippen LogP contribution in [-0.2, 0) is 10.9 Å². The monoisotopic (exact) mass is 354 g/mol. The number of carbonyl (C=O) groups is 2. The first-order chi connectivity index (χ1) is 11.6. The molecule has 0 saturated heterocycles. The molecule has 9 heteroatoms. The highest BCUT2D eigenvalue weighted by Crippen LogP contribution is 2.29. The van der Waals surface area contributed by atoms with Gasteiger partial charge in [-0.05, 0) is 37.3 Å². The summed E-state index contributed by atoms with van der Waals surface area (Å²) in [6, 6.07) is 4.59. The molecule has 0 amide bonds. The zero-order valence-electron chi connectivity index (χ0n) is 13.3. The van der Waals surface area contributed by atoms with Crippen molar-refractivity contribution in [3.8, 4) is 5.69 Å². The molecule has 0 N–H and O–H groups in total. The van der Waals surface area contributed by atoms with Crippen LogP contribution in [-0.4, -0.2) is 28.1 Å². The average Bonchev–Trinajstić information content (AvgIpc) is 2.54. The first kappa shape index (κ1) is 18.4. The van der Waals surface area contributed by atoms with Crippen molar-refractivity contribution < 1.29 is 27.5 Å². The molecule has 0 radical (unpaired) electrons. The minimum Gasteiger partial charge on any atom is -0.462 e. The first-order valence-electron chi connectivity index (χ1n) is 7.15. The lowest BCUT2D eigenvalue weighted by atomic mass is 10.2. The third-order valence-electron chi connectivity index (χ3n) is 3.21. The molecule has 0 atom stereocenters. The van der Waals surface area contributed by atoms with Crippen molar-refractivity contribution >= 4 is 11.8 Å². The van der Waals surface area contributed by atoms with E-state index < -0.39 is 34.6 Å². The van der Waals surface area contributed by atoms with E-state index in [1.807, 2.05) is 0 Å². The largest absolute Gasteiger partial charge is 0.462 e. The molecule has 0 aliphatic heterocycles. The van der Waals surface area contributed by atoms with E-state index in [2.05, 4.69) is 5.10 Å². The molecule has 132 valence electrons. The molecule has 0 fully saturated rings. The van der Waals surface area contributed by atoms with Crippen LogP contribution in [0.1, 0.15) is 40.3 Å². The summed E-state index contributed by atoms with van der Waals surface area (Å²) in [5.41, 5.74) is -2.45. The number of hydrogen-bond acceptors (Lipinski definition) is 5. The number of carbonyl (C=O) groups excluding carboxylic acids is 2. The Hall–Kier alpha value is -2.97. The molecule has 0 aliphatic rings. The first-order valence-corrected chi connectivity index (χ1v) is 7.15. The molecule has 0 saturated carbocycles. The maximum atomic E-state index is 12.6. The van der Waals surface area contributed by atoms with E-state index in [1.54, 1.807) is 6.92 Å². The highest BCUT2D eigenvalue weighted by atomic mass is 19.4. The fraction of sp³-hybridized carbons (Fsp3) is 0.250. The van der Waals surface area contributed by atoms with Gasteiger partial charge in [0.2, 0.25) is 0 Å².